The Balaban J connectivity index is 1.78. The van der Waals surface area contributed by atoms with E-state index in [1.165, 1.54) is 39.8 Å². The predicted molar refractivity (Wildman–Crippen MR) is 85.3 cm³/mol. The van der Waals surface area contributed by atoms with Crippen molar-refractivity contribution < 1.29 is 19.8 Å². The van der Waals surface area contributed by atoms with E-state index in [0.717, 1.165) is 4.21 Å². The topological polar surface area (TPSA) is 117 Å². The van der Waals surface area contributed by atoms with E-state index in [0.29, 0.717) is 15.8 Å². The number of thiazole rings is 1. The van der Waals surface area contributed by atoms with Crippen molar-refractivity contribution in [3.05, 3.63) is 16.8 Å². The lowest BCUT2D eigenvalue weighted by molar-refractivity contribution is -0.156. The van der Waals surface area contributed by atoms with Gasteiger partial charge in [-0.05, 0) is 6.92 Å². The van der Waals surface area contributed by atoms with Gasteiger partial charge in [-0.3, -0.25) is 9.69 Å². The number of hydrogen-bond donors (Lipinski definition) is 3. The molecule has 3 atom stereocenters. The third kappa shape index (κ3) is 2.49. The summed E-state index contributed by atoms with van der Waals surface area (Å²) in [4.78, 5) is 29.4. The molecule has 4 N–H and O–H groups in total. The molecule has 0 saturated carbocycles. The van der Waals surface area contributed by atoms with E-state index < -0.39 is 18.0 Å². The van der Waals surface area contributed by atoms with Crippen molar-refractivity contribution in [2.24, 2.45) is 5.92 Å². The second-order valence-electron chi connectivity index (χ2n) is 4.87. The van der Waals surface area contributed by atoms with Gasteiger partial charge in [0.15, 0.2) is 5.13 Å². The highest BCUT2D eigenvalue weighted by molar-refractivity contribution is 8.07. The molecule has 1 aromatic heterocycles. The van der Waals surface area contributed by atoms with Crippen molar-refractivity contribution in [2.75, 3.05) is 11.5 Å². The van der Waals surface area contributed by atoms with Crippen molar-refractivity contribution in [3.8, 4) is 0 Å². The molecule has 1 unspecified atom stereocenters. The van der Waals surface area contributed by atoms with Gasteiger partial charge in [0.2, 0.25) is 5.91 Å². The first-order chi connectivity index (χ1) is 10.4. The fraction of sp³-hybridized carbons (Fsp3) is 0.417. The molecule has 3 heterocycles. The number of β-lactam (4-membered cyclic amide) rings is 1. The maximum Gasteiger partial charge on any atom is 0.353 e. The van der Waals surface area contributed by atoms with E-state index in [-0.39, 0.29) is 17.0 Å². The maximum atomic E-state index is 12.0. The summed E-state index contributed by atoms with van der Waals surface area (Å²) < 4.78 is 0.892. The van der Waals surface area contributed by atoms with E-state index in [4.69, 9.17) is 5.73 Å². The number of carboxylic acids is 1. The van der Waals surface area contributed by atoms with Gasteiger partial charge in [0.25, 0.3) is 0 Å². The van der Waals surface area contributed by atoms with Crippen LogP contribution in [0.2, 0.25) is 0 Å². The third-order valence-corrected chi connectivity index (χ3v) is 7.02. The van der Waals surface area contributed by atoms with E-state index in [1.807, 2.05) is 0 Å². The van der Waals surface area contributed by atoms with Gasteiger partial charge < -0.3 is 15.9 Å². The van der Waals surface area contributed by atoms with Gasteiger partial charge in [-0.2, -0.15) is 0 Å². The number of nitrogen functional groups attached to an aromatic ring is 1. The highest BCUT2D eigenvalue weighted by Crippen LogP contribution is 2.51. The van der Waals surface area contributed by atoms with Crippen LogP contribution >= 0.6 is 34.9 Å². The van der Waals surface area contributed by atoms with Gasteiger partial charge >= 0.3 is 5.97 Å². The summed E-state index contributed by atoms with van der Waals surface area (Å²) in [6, 6.07) is 0. The van der Waals surface area contributed by atoms with Gasteiger partial charge in [-0.1, -0.05) is 11.3 Å². The van der Waals surface area contributed by atoms with Gasteiger partial charge in [-0.25, -0.2) is 9.78 Å². The molecule has 0 bridgehead atoms. The van der Waals surface area contributed by atoms with Crippen LogP contribution in [0.5, 0.6) is 0 Å². The van der Waals surface area contributed by atoms with Crippen LogP contribution in [-0.2, 0) is 9.59 Å². The van der Waals surface area contributed by atoms with Crippen LogP contribution in [-0.4, -0.2) is 49.2 Å². The van der Waals surface area contributed by atoms with Crippen LogP contribution in [0.3, 0.4) is 0 Å². The number of aliphatic carboxylic acids is 1. The summed E-state index contributed by atoms with van der Waals surface area (Å²) >= 11 is 4.11. The molecule has 1 fully saturated rings. The number of fused-ring (bicyclic) bond motifs is 1. The number of amides is 1. The van der Waals surface area contributed by atoms with Crippen LogP contribution in [0.25, 0.3) is 0 Å². The SMILES string of the molecule is CC(O)[C@H]1C(=O)N2C(C(=O)O)=C(CSc3cnc(N)s3)S[C@H]12. The first kappa shape index (κ1) is 15.7. The fourth-order valence-electron chi connectivity index (χ4n) is 2.43. The lowest BCUT2D eigenvalue weighted by Gasteiger charge is -2.43. The first-order valence-electron chi connectivity index (χ1n) is 6.38. The zero-order valence-electron chi connectivity index (χ0n) is 11.4. The number of nitrogens with two attached hydrogens (primary N) is 1. The van der Waals surface area contributed by atoms with E-state index in [1.54, 1.807) is 13.1 Å². The normalized spacial score (nSPS) is 25.2. The van der Waals surface area contributed by atoms with Gasteiger partial charge in [0.05, 0.1) is 22.4 Å². The summed E-state index contributed by atoms with van der Waals surface area (Å²) in [6.07, 6.45) is 0.855. The molecule has 1 saturated heterocycles. The van der Waals surface area contributed by atoms with Crippen LogP contribution < -0.4 is 5.73 Å². The van der Waals surface area contributed by atoms with E-state index in [9.17, 15) is 19.8 Å². The molecule has 10 heteroatoms. The number of hydrogen-bond acceptors (Lipinski definition) is 8. The Kier molecular flexibility index (Phi) is 4.10. The Bertz CT molecular complexity index is 672. The number of anilines is 1. The molecule has 1 aromatic rings. The molecule has 22 heavy (non-hydrogen) atoms. The average molecular weight is 359 g/mol. The molecule has 118 valence electrons. The van der Waals surface area contributed by atoms with Crippen molar-refractivity contribution >= 4 is 51.9 Å². The molecule has 0 aliphatic carbocycles. The van der Waals surface area contributed by atoms with Crippen molar-refractivity contribution in [1.29, 1.82) is 0 Å². The molecule has 3 rings (SSSR count). The van der Waals surface area contributed by atoms with E-state index in [2.05, 4.69) is 4.98 Å². The predicted octanol–water partition coefficient (Wildman–Crippen LogP) is 1.03. The monoisotopic (exact) mass is 359 g/mol. The molecular weight excluding hydrogens is 346 g/mol. The molecule has 1 amide bonds. The van der Waals surface area contributed by atoms with Crippen LogP contribution in [0.4, 0.5) is 5.13 Å². The number of carbonyl (C=O) groups excluding carboxylic acids is 1. The molecule has 2 aliphatic rings. The second-order valence-corrected chi connectivity index (χ2v) is 8.42. The molecular formula is C12H13N3O4S3. The number of aliphatic hydroxyl groups excluding tert-OH is 1. The van der Waals surface area contributed by atoms with Crippen LogP contribution in [0.15, 0.2) is 21.0 Å². The molecule has 2 aliphatic heterocycles. The molecule has 7 nitrogen and oxygen atoms in total. The minimum absolute atomic E-state index is 0.0295. The number of aliphatic hydroxyl groups is 1. The lowest BCUT2D eigenvalue weighted by Crippen LogP contribution is -2.60. The third-order valence-electron chi connectivity index (χ3n) is 3.42. The van der Waals surface area contributed by atoms with Crippen molar-refractivity contribution in [2.45, 2.75) is 22.6 Å². The number of thioether (sulfide) groups is 2. The smallest absolute Gasteiger partial charge is 0.353 e. The fourth-order valence-corrected chi connectivity index (χ4v) is 5.90. The Morgan fingerprint density at radius 2 is 2.36 bits per heavy atom. The molecule has 0 radical (unpaired) electrons. The molecule has 0 aromatic carbocycles. The Labute approximate surface area is 138 Å². The minimum Gasteiger partial charge on any atom is -0.477 e. The number of carbonyl (C=O) groups is 2. The summed E-state index contributed by atoms with van der Waals surface area (Å²) in [5.74, 6) is -1.56. The zero-order valence-corrected chi connectivity index (χ0v) is 13.9. The van der Waals surface area contributed by atoms with Crippen molar-refractivity contribution in [1.82, 2.24) is 9.88 Å². The summed E-state index contributed by atoms with van der Waals surface area (Å²) in [5, 5.41) is 19.2. The van der Waals surface area contributed by atoms with Gasteiger partial charge in [0, 0.05) is 10.7 Å². The van der Waals surface area contributed by atoms with Crippen LogP contribution in [0.1, 0.15) is 6.92 Å². The zero-order chi connectivity index (χ0) is 16.0. The van der Waals surface area contributed by atoms with E-state index >= 15 is 0 Å². The van der Waals surface area contributed by atoms with Gasteiger partial charge in [0.1, 0.15) is 11.1 Å². The highest BCUT2D eigenvalue weighted by atomic mass is 32.2. The quantitative estimate of drug-likeness (QED) is 0.527. The van der Waals surface area contributed by atoms with Gasteiger partial charge in [-0.15, -0.1) is 23.5 Å². The molecule has 0 spiro atoms. The first-order valence-corrected chi connectivity index (χ1v) is 9.06. The average Bonchev–Trinajstić information content (AvgIpc) is 2.97. The largest absolute Gasteiger partial charge is 0.477 e. The number of nitrogens with zero attached hydrogens (tertiary/aromatic N) is 2. The Hall–Kier alpha value is -1.23. The summed E-state index contributed by atoms with van der Waals surface area (Å²) in [7, 11) is 0. The number of carboxylic acid groups (broad SMARTS) is 1. The summed E-state index contributed by atoms with van der Waals surface area (Å²) in [6.45, 7) is 1.55. The minimum atomic E-state index is -1.12. The summed E-state index contributed by atoms with van der Waals surface area (Å²) in [5.41, 5.74) is 5.59. The second kappa shape index (κ2) is 5.76. The number of rotatable bonds is 5. The van der Waals surface area contributed by atoms with Crippen molar-refractivity contribution in [3.63, 3.8) is 0 Å². The highest BCUT2D eigenvalue weighted by Gasteiger charge is 2.57. The maximum absolute atomic E-state index is 12.0. The number of aromatic nitrogens is 1. The lowest BCUT2D eigenvalue weighted by atomic mass is 9.92. The standard InChI is InChI=1S/C12H13N3O4S3/c1-4(16)7-9(17)15-8(11(18)19)5(21-10(7)15)3-20-6-2-14-12(13)22-6/h2,4,7,10,16H,3H2,1H3,(H2,13,14)(H,18,19)/t4?,7-,10+/m0/s1. The Morgan fingerprint density at radius 3 is 2.91 bits per heavy atom. The van der Waals surface area contributed by atoms with Crippen LogP contribution in [0, 0.1) is 5.92 Å². The Morgan fingerprint density at radius 1 is 1.64 bits per heavy atom.